The molecular formula is C11H9NO. The van der Waals surface area contributed by atoms with Gasteiger partial charge in [0.05, 0.1) is 1.37 Å². The van der Waals surface area contributed by atoms with E-state index < -0.39 is 0 Å². The Morgan fingerprint density at radius 1 is 1.15 bits per heavy atom. The molecule has 0 bridgehead atoms. The third-order valence-corrected chi connectivity index (χ3v) is 1.78. The van der Waals surface area contributed by atoms with E-state index in [1.165, 1.54) is 4.57 Å². The van der Waals surface area contributed by atoms with Crippen LogP contribution >= 0.6 is 0 Å². The summed E-state index contributed by atoms with van der Waals surface area (Å²) in [5.74, 6) is -0.166. The van der Waals surface area contributed by atoms with Crippen LogP contribution in [-0.2, 0) is 0 Å². The fourth-order valence-corrected chi connectivity index (χ4v) is 1.14. The van der Waals surface area contributed by atoms with E-state index in [4.69, 9.17) is 1.37 Å². The standard InChI is InChI=1S/C11H9NO/c13-11(12-8-4-5-9-12)10-6-2-1-3-7-10/h1-9H/i8D. The van der Waals surface area contributed by atoms with Crippen molar-refractivity contribution < 1.29 is 6.17 Å². The molecule has 0 aliphatic carbocycles. The topological polar surface area (TPSA) is 22.0 Å². The van der Waals surface area contributed by atoms with Crippen molar-refractivity contribution in [3.63, 3.8) is 0 Å². The van der Waals surface area contributed by atoms with E-state index in [-0.39, 0.29) is 12.1 Å². The maximum atomic E-state index is 11.8. The van der Waals surface area contributed by atoms with Crippen LogP contribution in [0.15, 0.2) is 54.8 Å². The Labute approximate surface area is 77.8 Å². The minimum absolute atomic E-state index is 0.166. The monoisotopic (exact) mass is 172 g/mol. The summed E-state index contributed by atoms with van der Waals surface area (Å²) >= 11 is 0. The molecule has 0 N–H and O–H groups in total. The van der Waals surface area contributed by atoms with Crippen molar-refractivity contribution in [3.05, 3.63) is 60.4 Å². The molecule has 2 heteroatoms. The lowest BCUT2D eigenvalue weighted by atomic mass is 10.2. The van der Waals surface area contributed by atoms with Crippen molar-refractivity contribution in [2.45, 2.75) is 0 Å². The van der Waals surface area contributed by atoms with Gasteiger partial charge in [-0.15, -0.1) is 0 Å². The van der Waals surface area contributed by atoms with Gasteiger partial charge in [-0.25, -0.2) is 0 Å². The molecule has 0 aliphatic rings. The van der Waals surface area contributed by atoms with Crippen LogP contribution < -0.4 is 0 Å². The Kier molecular flexibility index (Phi) is 1.68. The van der Waals surface area contributed by atoms with Crippen molar-refractivity contribution in [1.29, 1.82) is 0 Å². The Morgan fingerprint density at radius 2 is 1.92 bits per heavy atom. The Bertz CT molecular complexity index is 447. The van der Waals surface area contributed by atoms with Gasteiger partial charge in [-0.05, 0) is 24.3 Å². The highest BCUT2D eigenvalue weighted by atomic mass is 16.2. The summed E-state index contributed by atoms with van der Waals surface area (Å²) in [5, 5.41) is 0. The van der Waals surface area contributed by atoms with Crippen molar-refractivity contribution >= 4 is 5.91 Å². The zero-order valence-electron chi connectivity index (χ0n) is 7.97. The first-order chi connectivity index (χ1) is 6.79. The highest BCUT2D eigenvalue weighted by Crippen LogP contribution is 2.02. The first-order valence-electron chi connectivity index (χ1n) is 4.53. The summed E-state index contributed by atoms with van der Waals surface area (Å²) < 4.78 is 8.79. The van der Waals surface area contributed by atoms with Gasteiger partial charge in [0, 0.05) is 17.9 Å². The van der Waals surface area contributed by atoms with Gasteiger partial charge in [0.15, 0.2) is 0 Å². The van der Waals surface area contributed by atoms with Gasteiger partial charge in [0.25, 0.3) is 5.91 Å². The Hall–Kier alpha value is -1.83. The first-order valence-corrected chi connectivity index (χ1v) is 4.03. The predicted molar refractivity (Wildman–Crippen MR) is 50.6 cm³/mol. The van der Waals surface area contributed by atoms with Crippen LogP contribution in [0.25, 0.3) is 0 Å². The van der Waals surface area contributed by atoms with Crippen molar-refractivity contribution in [3.8, 4) is 0 Å². The molecule has 1 aromatic carbocycles. The maximum absolute atomic E-state index is 11.8. The number of carbonyl (C=O) groups is 1. The van der Waals surface area contributed by atoms with E-state index in [0.29, 0.717) is 5.56 Å². The number of benzene rings is 1. The van der Waals surface area contributed by atoms with Crippen LogP contribution in [0.3, 0.4) is 0 Å². The third kappa shape index (κ3) is 1.51. The number of hydrogen-bond donors (Lipinski definition) is 0. The van der Waals surface area contributed by atoms with Gasteiger partial charge in [-0.1, -0.05) is 18.2 Å². The maximum Gasteiger partial charge on any atom is 0.261 e. The summed E-state index contributed by atoms with van der Waals surface area (Å²) in [6.07, 6.45) is 1.80. The molecule has 2 nitrogen and oxygen atoms in total. The second-order valence-electron chi connectivity index (χ2n) is 2.68. The molecule has 0 fully saturated rings. The lowest BCUT2D eigenvalue weighted by Crippen LogP contribution is -2.08. The second kappa shape index (κ2) is 3.27. The Morgan fingerprint density at radius 3 is 2.54 bits per heavy atom. The largest absolute Gasteiger partial charge is 0.291 e. The van der Waals surface area contributed by atoms with Crippen molar-refractivity contribution in [1.82, 2.24) is 4.57 Å². The van der Waals surface area contributed by atoms with E-state index in [2.05, 4.69) is 0 Å². The molecule has 0 atom stereocenters. The average Bonchev–Trinajstić information content (AvgIpc) is 2.65. The summed E-state index contributed by atoms with van der Waals surface area (Å²) in [4.78, 5) is 11.8. The average molecular weight is 172 g/mol. The molecule has 2 aromatic rings. The highest BCUT2D eigenvalue weighted by Gasteiger charge is 2.04. The molecule has 1 aromatic heterocycles. The van der Waals surface area contributed by atoms with E-state index in [0.717, 1.165) is 0 Å². The van der Waals surface area contributed by atoms with Crippen LogP contribution in [0, 0.1) is 0 Å². The molecule has 0 aliphatic heterocycles. The molecule has 0 amide bonds. The van der Waals surface area contributed by atoms with Crippen LogP contribution in [0.1, 0.15) is 11.7 Å². The number of carbonyl (C=O) groups excluding carboxylic acids is 1. The number of hydrogen-bond acceptors (Lipinski definition) is 1. The van der Waals surface area contributed by atoms with Crippen LogP contribution in [-0.4, -0.2) is 10.5 Å². The molecular weight excluding hydrogens is 162 g/mol. The first kappa shape index (κ1) is 6.66. The lowest BCUT2D eigenvalue weighted by molar-refractivity contribution is 0.0960. The minimum atomic E-state index is -0.166. The molecule has 13 heavy (non-hydrogen) atoms. The van der Waals surface area contributed by atoms with Gasteiger partial charge in [-0.3, -0.25) is 9.36 Å². The number of aromatic nitrogens is 1. The fourth-order valence-electron chi connectivity index (χ4n) is 1.14. The normalized spacial score (nSPS) is 10.9. The zero-order chi connectivity index (χ0) is 9.97. The SMILES string of the molecule is [2H]c1cccn1C(=O)c1ccccc1. The van der Waals surface area contributed by atoms with Crippen LogP contribution in [0.4, 0.5) is 0 Å². The van der Waals surface area contributed by atoms with Crippen molar-refractivity contribution in [2.24, 2.45) is 0 Å². The molecule has 0 saturated heterocycles. The van der Waals surface area contributed by atoms with E-state index in [1.807, 2.05) is 6.07 Å². The van der Waals surface area contributed by atoms with Crippen molar-refractivity contribution in [2.75, 3.05) is 0 Å². The van der Waals surface area contributed by atoms with E-state index >= 15 is 0 Å². The summed E-state index contributed by atoms with van der Waals surface area (Å²) in [6.45, 7) is 0. The highest BCUT2D eigenvalue weighted by molar-refractivity contribution is 5.95. The summed E-state index contributed by atoms with van der Waals surface area (Å²) in [6, 6.07) is 12.2. The molecule has 0 radical (unpaired) electrons. The third-order valence-electron chi connectivity index (χ3n) is 1.78. The predicted octanol–water partition coefficient (Wildman–Crippen LogP) is 2.18. The fraction of sp³-hybridized carbons (Fsp3) is 0. The van der Waals surface area contributed by atoms with Gasteiger partial charge in [0.1, 0.15) is 0 Å². The minimum Gasteiger partial charge on any atom is -0.291 e. The van der Waals surface area contributed by atoms with E-state index in [9.17, 15) is 4.79 Å². The number of rotatable bonds is 1. The van der Waals surface area contributed by atoms with Gasteiger partial charge < -0.3 is 0 Å². The van der Waals surface area contributed by atoms with E-state index in [1.54, 1.807) is 42.6 Å². The van der Waals surface area contributed by atoms with Gasteiger partial charge in [-0.2, -0.15) is 0 Å². The lowest BCUT2D eigenvalue weighted by Gasteiger charge is -1.99. The molecule has 2 rings (SSSR count). The zero-order valence-corrected chi connectivity index (χ0v) is 6.97. The van der Waals surface area contributed by atoms with Crippen LogP contribution in [0.2, 0.25) is 0 Å². The molecule has 64 valence electrons. The molecule has 0 spiro atoms. The van der Waals surface area contributed by atoms with Crippen LogP contribution in [0.5, 0.6) is 0 Å². The molecule has 1 heterocycles. The molecule has 0 saturated carbocycles. The number of nitrogens with zero attached hydrogens (tertiary/aromatic N) is 1. The van der Waals surface area contributed by atoms with Gasteiger partial charge in [0.2, 0.25) is 0 Å². The molecule has 0 unspecified atom stereocenters. The van der Waals surface area contributed by atoms with Gasteiger partial charge >= 0.3 is 0 Å². The Balaban J connectivity index is 2.39. The summed E-state index contributed by atoms with van der Waals surface area (Å²) in [7, 11) is 0. The second-order valence-corrected chi connectivity index (χ2v) is 2.68. The quantitative estimate of drug-likeness (QED) is 0.646. The smallest absolute Gasteiger partial charge is 0.261 e. The summed E-state index contributed by atoms with van der Waals surface area (Å²) in [5.41, 5.74) is 0.595.